The van der Waals surface area contributed by atoms with Crippen molar-refractivity contribution in [2.24, 2.45) is 5.92 Å². The van der Waals surface area contributed by atoms with E-state index in [1.807, 2.05) is 30.3 Å². The van der Waals surface area contributed by atoms with Gasteiger partial charge in [-0.3, -0.25) is 0 Å². The third-order valence-corrected chi connectivity index (χ3v) is 4.82. The first kappa shape index (κ1) is 18.6. The monoisotopic (exact) mass is 399 g/mol. The average molecular weight is 401 g/mol. The summed E-state index contributed by atoms with van der Waals surface area (Å²) < 4.78 is -1.70. The summed E-state index contributed by atoms with van der Waals surface area (Å²) in [4.78, 5) is 15.4. The van der Waals surface area contributed by atoms with Gasteiger partial charge in [-0.2, -0.15) is 9.97 Å². The van der Waals surface area contributed by atoms with Gasteiger partial charge in [-0.05, 0) is 38.9 Å². The fourth-order valence-electron chi connectivity index (χ4n) is 2.80. The minimum absolute atomic E-state index is 0.122. The zero-order chi connectivity index (χ0) is 17.9. The van der Waals surface area contributed by atoms with E-state index in [4.69, 9.17) is 34.8 Å². The van der Waals surface area contributed by atoms with Gasteiger partial charge in [0, 0.05) is 12.1 Å². The quantitative estimate of drug-likeness (QED) is 0.782. The molecule has 8 heteroatoms. The summed E-state index contributed by atoms with van der Waals surface area (Å²) in [5, 5.41) is 3.30. The van der Waals surface area contributed by atoms with Crippen LogP contribution in [-0.2, 0) is 3.79 Å². The molecule has 1 aromatic carbocycles. The van der Waals surface area contributed by atoms with Crippen molar-refractivity contribution in [2.75, 3.05) is 32.0 Å². The first-order valence-electron chi connectivity index (χ1n) is 8.23. The van der Waals surface area contributed by atoms with Crippen LogP contribution in [0, 0.1) is 5.92 Å². The van der Waals surface area contributed by atoms with Crippen LogP contribution in [0.4, 0.5) is 5.95 Å². The van der Waals surface area contributed by atoms with Gasteiger partial charge in [0.05, 0.1) is 0 Å². The van der Waals surface area contributed by atoms with Gasteiger partial charge in [0.1, 0.15) is 0 Å². The van der Waals surface area contributed by atoms with Crippen molar-refractivity contribution in [3.05, 3.63) is 36.2 Å². The van der Waals surface area contributed by atoms with Crippen LogP contribution >= 0.6 is 34.8 Å². The second-order valence-corrected chi connectivity index (χ2v) is 8.58. The molecule has 1 fully saturated rings. The van der Waals surface area contributed by atoms with E-state index in [-0.39, 0.29) is 5.82 Å². The molecule has 2 heterocycles. The van der Waals surface area contributed by atoms with Crippen LogP contribution in [0.25, 0.3) is 11.4 Å². The van der Waals surface area contributed by atoms with E-state index in [1.165, 1.54) is 0 Å². The number of hydrogen-bond acceptors (Lipinski definition) is 5. The predicted octanol–water partition coefficient (Wildman–Crippen LogP) is 4.12. The molecule has 3 rings (SSSR count). The molecule has 134 valence electrons. The van der Waals surface area contributed by atoms with Crippen LogP contribution in [0.2, 0.25) is 0 Å². The molecule has 1 aliphatic rings. The number of alkyl halides is 3. The molecule has 5 nitrogen and oxygen atoms in total. The molecule has 1 aromatic heterocycles. The number of benzene rings is 1. The van der Waals surface area contributed by atoms with E-state index in [9.17, 15) is 0 Å². The van der Waals surface area contributed by atoms with Gasteiger partial charge >= 0.3 is 0 Å². The van der Waals surface area contributed by atoms with Crippen LogP contribution in [0.3, 0.4) is 0 Å². The minimum atomic E-state index is -1.70. The van der Waals surface area contributed by atoms with Gasteiger partial charge < -0.3 is 10.2 Å². The van der Waals surface area contributed by atoms with Crippen molar-refractivity contribution in [2.45, 2.75) is 16.6 Å². The van der Waals surface area contributed by atoms with Gasteiger partial charge in [-0.25, -0.2) is 4.98 Å². The Bertz CT molecular complexity index is 697. The van der Waals surface area contributed by atoms with Gasteiger partial charge in [0.2, 0.25) is 9.74 Å². The molecule has 0 aliphatic carbocycles. The molecule has 1 saturated heterocycles. The largest absolute Gasteiger partial charge is 0.354 e. The van der Waals surface area contributed by atoms with Gasteiger partial charge in [-0.15, -0.1) is 0 Å². The first-order valence-corrected chi connectivity index (χ1v) is 9.36. The fraction of sp³-hybridized carbons (Fsp3) is 0.471. The van der Waals surface area contributed by atoms with E-state index in [0.29, 0.717) is 17.7 Å². The van der Waals surface area contributed by atoms with Crippen molar-refractivity contribution in [1.82, 2.24) is 19.9 Å². The summed E-state index contributed by atoms with van der Waals surface area (Å²) in [7, 11) is 2.15. The molecule has 0 unspecified atom stereocenters. The van der Waals surface area contributed by atoms with E-state index in [0.717, 1.165) is 38.0 Å². The first-order chi connectivity index (χ1) is 11.9. The molecule has 25 heavy (non-hydrogen) atoms. The summed E-state index contributed by atoms with van der Waals surface area (Å²) in [6.45, 7) is 3.02. The smallest absolute Gasteiger partial charge is 0.250 e. The Morgan fingerprint density at radius 1 is 1.08 bits per heavy atom. The molecule has 0 saturated carbocycles. The lowest BCUT2D eigenvalue weighted by molar-refractivity contribution is 0.226. The number of anilines is 1. The van der Waals surface area contributed by atoms with E-state index in [2.05, 4.69) is 32.2 Å². The molecular formula is C17H20Cl3N5. The summed E-state index contributed by atoms with van der Waals surface area (Å²) in [6, 6.07) is 9.59. The maximum absolute atomic E-state index is 6.00. The molecule has 0 atom stereocenters. The summed E-state index contributed by atoms with van der Waals surface area (Å²) in [5.74, 6) is 1.64. The number of nitrogens with zero attached hydrogens (tertiary/aromatic N) is 4. The predicted molar refractivity (Wildman–Crippen MR) is 103 cm³/mol. The molecule has 1 aliphatic heterocycles. The van der Waals surface area contributed by atoms with Gasteiger partial charge in [0.15, 0.2) is 11.6 Å². The average Bonchev–Trinajstić information content (AvgIpc) is 2.61. The highest BCUT2D eigenvalue weighted by Gasteiger charge is 2.28. The second-order valence-electron chi connectivity index (χ2n) is 6.30. The zero-order valence-electron chi connectivity index (χ0n) is 13.9. The van der Waals surface area contributed by atoms with Crippen molar-refractivity contribution in [3.8, 4) is 11.4 Å². The summed E-state index contributed by atoms with van der Waals surface area (Å²) in [6.07, 6.45) is 2.30. The van der Waals surface area contributed by atoms with E-state index >= 15 is 0 Å². The van der Waals surface area contributed by atoms with Crippen molar-refractivity contribution in [1.29, 1.82) is 0 Å². The van der Waals surface area contributed by atoms with Crippen molar-refractivity contribution in [3.63, 3.8) is 0 Å². The van der Waals surface area contributed by atoms with Crippen molar-refractivity contribution < 1.29 is 0 Å². The number of rotatable bonds is 4. The molecule has 1 N–H and O–H groups in total. The Labute approximate surface area is 162 Å². The van der Waals surface area contributed by atoms with Crippen LogP contribution in [0.5, 0.6) is 0 Å². The fourth-order valence-corrected chi connectivity index (χ4v) is 3.05. The van der Waals surface area contributed by atoms with Crippen molar-refractivity contribution >= 4 is 40.8 Å². The third-order valence-electron chi connectivity index (χ3n) is 4.31. The van der Waals surface area contributed by atoms with E-state index < -0.39 is 3.79 Å². The van der Waals surface area contributed by atoms with Crippen LogP contribution in [0.1, 0.15) is 18.7 Å². The number of aromatic nitrogens is 3. The molecule has 0 spiro atoms. The van der Waals surface area contributed by atoms with Gasteiger partial charge in [-0.1, -0.05) is 65.1 Å². The Morgan fingerprint density at radius 2 is 1.76 bits per heavy atom. The zero-order valence-corrected chi connectivity index (χ0v) is 16.2. The van der Waals surface area contributed by atoms with Crippen LogP contribution < -0.4 is 5.32 Å². The molecule has 0 bridgehead atoms. The highest BCUT2D eigenvalue weighted by molar-refractivity contribution is 6.66. The maximum atomic E-state index is 6.00. The Morgan fingerprint density at radius 3 is 2.40 bits per heavy atom. The SMILES string of the molecule is CN1CCC(CNc2nc(-c3ccccc3)nc(C(Cl)(Cl)Cl)n2)CC1. The number of piperidine rings is 1. The topological polar surface area (TPSA) is 53.9 Å². The maximum Gasteiger partial charge on any atom is 0.250 e. The molecular weight excluding hydrogens is 381 g/mol. The number of halogens is 3. The highest BCUT2D eigenvalue weighted by Crippen LogP contribution is 2.36. The molecule has 2 aromatic rings. The van der Waals surface area contributed by atoms with Gasteiger partial charge in [0.25, 0.3) is 0 Å². The van der Waals surface area contributed by atoms with Crippen LogP contribution in [0.15, 0.2) is 30.3 Å². The number of hydrogen-bond donors (Lipinski definition) is 1. The van der Waals surface area contributed by atoms with E-state index in [1.54, 1.807) is 0 Å². The Hall–Kier alpha value is -1.14. The summed E-state index contributed by atoms with van der Waals surface area (Å²) >= 11 is 18.0. The normalized spacial score (nSPS) is 16.8. The molecule has 0 amide bonds. The van der Waals surface area contributed by atoms with Crippen LogP contribution in [-0.4, -0.2) is 46.5 Å². The Kier molecular flexibility index (Phi) is 6.00. The minimum Gasteiger partial charge on any atom is -0.354 e. The highest BCUT2D eigenvalue weighted by atomic mass is 35.6. The lowest BCUT2D eigenvalue weighted by Crippen LogP contribution is -2.33. The number of nitrogens with one attached hydrogen (secondary N) is 1. The second kappa shape index (κ2) is 8.04. The number of likely N-dealkylation sites (tertiary alicyclic amines) is 1. The summed E-state index contributed by atoms with van der Waals surface area (Å²) in [5.41, 5.74) is 0.850. The molecule has 0 radical (unpaired) electrons. The lowest BCUT2D eigenvalue weighted by atomic mass is 9.97. The standard InChI is InChI=1S/C17H20Cl3N5/c1-25-9-7-12(8-10-25)11-21-16-23-14(13-5-3-2-4-6-13)22-15(24-16)17(18,19)20/h2-6,12H,7-11H2,1H3,(H,21,22,23,24). The third kappa shape index (κ3) is 5.17. The Balaban J connectivity index is 1.80. The lowest BCUT2D eigenvalue weighted by Gasteiger charge is -2.29.